The first-order valence-corrected chi connectivity index (χ1v) is 7.38. The number of ether oxygens (including phenoxy) is 1. The lowest BCUT2D eigenvalue weighted by Crippen LogP contribution is -2.45. The summed E-state index contributed by atoms with van der Waals surface area (Å²) in [6.45, 7) is 7.20. The molecular formula is C17H20N2O3. The van der Waals surface area contributed by atoms with Crippen LogP contribution in [0.3, 0.4) is 0 Å². The SMILES string of the molecule is Cc1nc2c(o1)CN(C(=O)OCc1ccccc1)CC2(C)C. The maximum absolute atomic E-state index is 12.3. The number of oxazole rings is 1. The van der Waals surface area contributed by atoms with Crippen LogP contribution in [0.1, 0.15) is 36.8 Å². The first kappa shape index (κ1) is 14.6. The summed E-state index contributed by atoms with van der Waals surface area (Å²) >= 11 is 0. The van der Waals surface area contributed by atoms with Gasteiger partial charge in [-0.1, -0.05) is 44.2 Å². The molecule has 3 rings (SSSR count). The van der Waals surface area contributed by atoms with Gasteiger partial charge in [-0.15, -0.1) is 0 Å². The maximum Gasteiger partial charge on any atom is 0.410 e. The highest BCUT2D eigenvalue weighted by molar-refractivity contribution is 5.68. The number of nitrogens with zero attached hydrogens (tertiary/aromatic N) is 2. The van der Waals surface area contributed by atoms with E-state index in [1.54, 1.807) is 4.90 Å². The molecule has 1 aromatic carbocycles. The molecule has 2 aromatic rings. The number of carbonyl (C=O) groups excluding carboxylic acids is 1. The number of aryl methyl sites for hydroxylation is 1. The van der Waals surface area contributed by atoms with Crippen molar-refractivity contribution in [3.63, 3.8) is 0 Å². The number of benzene rings is 1. The van der Waals surface area contributed by atoms with Gasteiger partial charge in [0.2, 0.25) is 0 Å². The topological polar surface area (TPSA) is 55.6 Å². The second-order valence-corrected chi connectivity index (χ2v) is 6.28. The van der Waals surface area contributed by atoms with Gasteiger partial charge in [-0.3, -0.25) is 4.90 Å². The lowest BCUT2D eigenvalue weighted by Gasteiger charge is -2.35. The van der Waals surface area contributed by atoms with Crippen molar-refractivity contribution in [2.24, 2.45) is 0 Å². The van der Waals surface area contributed by atoms with Crippen molar-refractivity contribution in [2.75, 3.05) is 6.54 Å². The van der Waals surface area contributed by atoms with Crippen molar-refractivity contribution in [1.29, 1.82) is 0 Å². The molecule has 5 heteroatoms. The normalized spacial score (nSPS) is 16.2. The van der Waals surface area contributed by atoms with Gasteiger partial charge in [-0.2, -0.15) is 0 Å². The monoisotopic (exact) mass is 300 g/mol. The molecule has 0 unspecified atom stereocenters. The molecule has 1 aromatic heterocycles. The number of amides is 1. The van der Waals surface area contributed by atoms with Crippen LogP contribution in [0.2, 0.25) is 0 Å². The van der Waals surface area contributed by atoms with Gasteiger partial charge in [0.15, 0.2) is 5.89 Å². The first-order chi connectivity index (χ1) is 10.5. The van der Waals surface area contributed by atoms with Gasteiger partial charge in [0.1, 0.15) is 12.4 Å². The molecule has 5 nitrogen and oxygen atoms in total. The molecule has 0 atom stereocenters. The first-order valence-electron chi connectivity index (χ1n) is 7.38. The van der Waals surface area contributed by atoms with Crippen molar-refractivity contribution >= 4 is 6.09 Å². The highest BCUT2D eigenvalue weighted by Crippen LogP contribution is 2.33. The van der Waals surface area contributed by atoms with E-state index in [-0.39, 0.29) is 18.1 Å². The van der Waals surface area contributed by atoms with Crippen LogP contribution < -0.4 is 0 Å². The Labute approximate surface area is 129 Å². The molecule has 1 amide bonds. The quantitative estimate of drug-likeness (QED) is 0.853. The second-order valence-electron chi connectivity index (χ2n) is 6.28. The van der Waals surface area contributed by atoms with Gasteiger partial charge in [-0.05, 0) is 5.56 Å². The Kier molecular flexibility index (Phi) is 3.64. The van der Waals surface area contributed by atoms with Crippen LogP contribution in [0.25, 0.3) is 0 Å². The van der Waals surface area contributed by atoms with E-state index < -0.39 is 0 Å². The fourth-order valence-electron chi connectivity index (χ4n) is 2.83. The smallest absolute Gasteiger partial charge is 0.410 e. The van der Waals surface area contributed by atoms with E-state index in [0.29, 0.717) is 19.0 Å². The van der Waals surface area contributed by atoms with Crippen molar-refractivity contribution in [3.8, 4) is 0 Å². The summed E-state index contributed by atoms with van der Waals surface area (Å²) in [7, 11) is 0. The number of carbonyl (C=O) groups is 1. The zero-order chi connectivity index (χ0) is 15.7. The van der Waals surface area contributed by atoms with E-state index in [9.17, 15) is 4.79 Å². The maximum atomic E-state index is 12.3. The summed E-state index contributed by atoms with van der Waals surface area (Å²) < 4.78 is 11.0. The summed E-state index contributed by atoms with van der Waals surface area (Å²) in [5.74, 6) is 1.39. The number of fused-ring (bicyclic) bond motifs is 1. The molecule has 0 bridgehead atoms. The van der Waals surface area contributed by atoms with E-state index >= 15 is 0 Å². The Morgan fingerprint density at radius 1 is 1.36 bits per heavy atom. The van der Waals surface area contributed by atoms with Gasteiger partial charge in [0, 0.05) is 18.9 Å². The molecule has 0 aliphatic carbocycles. The van der Waals surface area contributed by atoms with Gasteiger partial charge in [0.25, 0.3) is 0 Å². The molecule has 0 saturated heterocycles. The number of aromatic nitrogens is 1. The van der Waals surface area contributed by atoms with Gasteiger partial charge in [-0.25, -0.2) is 9.78 Å². The average molecular weight is 300 g/mol. The highest BCUT2D eigenvalue weighted by atomic mass is 16.6. The Morgan fingerprint density at radius 3 is 2.82 bits per heavy atom. The molecule has 1 aliphatic heterocycles. The van der Waals surface area contributed by atoms with E-state index in [1.165, 1.54) is 0 Å². The third-order valence-electron chi connectivity index (χ3n) is 3.83. The summed E-state index contributed by atoms with van der Waals surface area (Å²) in [5.41, 5.74) is 1.68. The minimum atomic E-state index is -0.323. The van der Waals surface area contributed by atoms with Crippen molar-refractivity contribution < 1.29 is 13.9 Å². The molecule has 0 fully saturated rings. The van der Waals surface area contributed by atoms with Gasteiger partial charge < -0.3 is 9.15 Å². The Balaban J connectivity index is 1.69. The molecule has 22 heavy (non-hydrogen) atoms. The third kappa shape index (κ3) is 2.84. The summed E-state index contributed by atoms with van der Waals surface area (Å²) in [5, 5.41) is 0. The number of hydrogen-bond acceptors (Lipinski definition) is 4. The van der Waals surface area contributed by atoms with E-state index in [0.717, 1.165) is 17.0 Å². The average Bonchev–Trinajstić information content (AvgIpc) is 2.87. The molecular weight excluding hydrogens is 280 g/mol. The molecule has 1 aliphatic rings. The minimum absolute atomic E-state index is 0.239. The number of rotatable bonds is 2. The van der Waals surface area contributed by atoms with Crippen molar-refractivity contribution in [1.82, 2.24) is 9.88 Å². The van der Waals surface area contributed by atoms with Gasteiger partial charge in [0.05, 0.1) is 12.2 Å². The van der Waals surface area contributed by atoms with Crippen LogP contribution in [0.15, 0.2) is 34.7 Å². The lowest BCUT2D eigenvalue weighted by atomic mass is 9.85. The summed E-state index contributed by atoms with van der Waals surface area (Å²) in [6.07, 6.45) is -0.323. The fraction of sp³-hybridized carbons (Fsp3) is 0.412. The van der Waals surface area contributed by atoms with Crippen LogP contribution in [0.4, 0.5) is 4.79 Å². The molecule has 116 valence electrons. The van der Waals surface area contributed by atoms with E-state index in [2.05, 4.69) is 18.8 Å². The lowest BCUT2D eigenvalue weighted by molar-refractivity contribution is 0.0775. The van der Waals surface area contributed by atoms with Crippen LogP contribution in [0, 0.1) is 6.92 Å². The Morgan fingerprint density at radius 2 is 2.09 bits per heavy atom. The minimum Gasteiger partial charge on any atom is -0.445 e. The van der Waals surface area contributed by atoms with Crippen LogP contribution in [0.5, 0.6) is 0 Å². The predicted octanol–water partition coefficient (Wildman–Crippen LogP) is 3.41. The van der Waals surface area contributed by atoms with Crippen molar-refractivity contribution in [3.05, 3.63) is 53.2 Å². The molecule has 0 N–H and O–H groups in total. The van der Waals surface area contributed by atoms with Crippen molar-refractivity contribution in [2.45, 2.75) is 39.3 Å². The molecule has 0 saturated carbocycles. The fourth-order valence-corrected chi connectivity index (χ4v) is 2.83. The van der Waals surface area contributed by atoms with Gasteiger partial charge >= 0.3 is 6.09 Å². The standard InChI is InChI=1S/C17H20N2O3/c1-12-18-15-14(22-12)9-19(11-17(15,2)3)16(20)21-10-13-7-5-4-6-8-13/h4-8H,9-11H2,1-3H3. The molecule has 0 spiro atoms. The predicted molar refractivity (Wildman–Crippen MR) is 81.3 cm³/mol. The summed E-state index contributed by atoms with van der Waals surface area (Å²) in [4.78, 5) is 18.4. The molecule has 0 radical (unpaired) electrons. The van der Waals surface area contributed by atoms with E-state index in [1.807, 2.05) is 37.3 Å². The zero-order valence-electron chi connectivity index (χ0n) is 13.1. The largest absolute Gasteiger partial charge is 0.445 e. The van der Waals surface area contributed by atoms with Crippen LogP contribution in [-0.2, 0) is 23.3 Å². The third-order valence-corrected chi connectivity index (χ3v) is 3.83. The summed E-state index contributed by atoms with van der Waals surface area (Å²) in [6, 6.07) is 9.66. The van der Waals surface area contributed by atoms with Crippen LogP contribution >= 0.6 is 0 Å². The molecule has 2 heterocycles. The highest BCUT2D eigenvalue weighted by Gasteiger charge is 2.38. The zero-order valence-corrected chi connectivity index (χ0v) is 13.1. The number of hydrogen-bond donors (Lipinski definition) is 0. The van der Waals surface area contributed by atoms with Crippen LogP contribution in [-0.4, -0.2) is 22.5 Å². The Bertz CT molecular complexity index is 676. The van der Waals surface area contributed by atoms with E-state index in [4.69, 9.17) is 9.15 Å². The second kappa shape index (κ2) is 5.48. The Hall–Kier alpha value is -2.30.